The Kier molecular flexibility index (Phi) is 5.48. The molecular formula is C18H13BrClN3O4. The lowest BCUT2D eigenvalue weighted by atomic mass is 10.2. The molecule has 1 aromatic heterocycles. The number of aromatic hydroxyl groups is 1. The van der Waals surface area contributed by atoms with Crippen LogP contribution in [-0.2, 0) is 0 Å². The minimum Gasteiger partial charge on any atom is -0.497 e. The minimum atomic E-state index is -0.776. The van der Waals surface area contributed by atoms with Gasteiger partial charge in [-0.25, -0.2) is 9.36 Å². The van der Waals surface area contributed by atoms with Crippen LogP contribution < -0.4 is 16.0 Å². The summed E-state index contributed by atoms with van der Waals surface area (Å²) >= 11 is 9.39. The van der Waals surface area contributed by atoms with Crippen LogP contribution in [0.25, 0.3) is 5.69 Å². The van der Waals surface area contributed by atoms with Gasteiger partial charge in [0.15, 0.2) is 0 Å². The van der Waals surface area contributed by atoms with E-state index in [9.17, 15) is 14.7 Å². The van der Waals surface area contributed by atoms with Gasteiger partial charge in [0, 0.05) is 10.7 Å². The lowest BCUT2D eigenvalue weighted by Crippen LogP contribution is -2.31. The lowest BCUT2D eigenvalue weighted by Gasteiger charge is -2.10. The van der Waals surface area contributed by atoms with Gasteiger partial charge >= 0.3 is 5.69 Å². The number of hydrogen-bond donors (Lipinski definition) is 2. The summed E-state index contributed by atoms with van der Waals surface area (Å²) in [4.78, 5) is 30.6. The van der Waals surface area contributed by atoms with E-state index in [-0.39, 0.29) is 5.56 Å². The third-order valence-corrected chi connectivity index (χ3v) is 4.49. The van der Waals surface area contributed by atoms with Crippen molar-refractivity contribution in [3.63, 3.8) is 0 Å². The molecular weight excluding hydrogens is 438 g/mol. The molecule has 0 aliphatic rings. The van der Waals surface area contributed by atoms with Crippen LogP contribution in [0.15, 0.2) is 61.5 Å². The molecule has 1 heterocycles. The van der Waals surface area contributed by atoms with Crippen LogP contribution in [0.2, 0.25) is 5.02 Å². The molecule has 0 saturated carbocycles. The number of H-pyrrole nitrogens is 1. The van der Waals surface area contributed by atoms with Gasteiger partial charge in [0.1, 0.15) is 11.3 Å². The standard InChI is InChI=1S/C18H13BrClN3O4/c1-27-12-5-3-11(4-6-12)23-17(25)13(16(24)22-18(23)26)9-21-15-7-2-10(19)8-14(15)20/h2-9,25H,1H3,(H,22,24,26). The molecule has 2 aromatic carbocycles. The SMILES string of the molecule is COc1ccc(-n2c(O)c(C=Nc3ccc(Br)cc3Cl)c(=O)[nH]c2=O)cc1. The van der Waals surface area contributed by atoms with Gasteiger partial charge in [-0.2, -0.15) is 0 Å². The van der Waals surface area contributed by atoms with E-state index in [0.29, 0.717) is 22.1 Å². The molecule has 2 N–H and O–H groups in total. The van der Waals surface area contributed by atoms with Gasteiger partial charge in [0.2, 0.25) is 5.88 Å². The van der Waals surface area contributed by atoms with Crippen molar-refractivity contribution in [1.82, 2.24) is 9.55 Å². The van der Waals surface area contributed by atoms with Gasteiger partial charge in [0.05, 0.1) is 23.5 Å². The van der Waals surface area contributed by atoms with Crippen molar-refractivity contribution in [3.8, 4) is 17.3 Å². The molecule has 0 saturated heterocycles. The quantitative estimate of drug-likeness (QED) is 0.595. The summed E-state index contributed by atoms with van der Waals surface area (Å²) in [5.41, 5.74) is -0.961. The highest BCUT2D eigenvalue weighted by Gasteiger charge is 2.14. The van der Waals surface area contributed by atoms with E-state index in [2.05, 4.69) is 25.9 Å². The maximum atomic E-state index is 12.2. The molecule has 7 nitrogen and oxygen atoms in total. The third-order valence-electron chi connectivity index (χ3n) is 3.69. The van der Waals surface area contributed by atoms with Crippen LogP contribution in [0.4, 0.5) is 5.69 Å². The fraction of sp³-hybridized carbons (Fsp3) is 0.0556. The molecule has 0 spiro atoms. The van der Waals surface area contributed by atoms with E-state index in [0.717, 1.165) is 15.3 Å². The number of hydrogen-bond acceptors (Lipinski definition) is 5. The fourth-order valence-corrected chi connectivity index (χ4v) is 3.07. The van der Waals surface area contributed by atoms with Crippen LogP contribution in [0.5, 0.6) is 11.6 Å². The zero-order valence-electron chi connectivity index (χ0n) is 13.9. The van der Waals surface area contributed by atoms with Gasteiger partial charge < -0.3 is 9.84 Å². The smallest absolute Gasteiger partial charge is 0.335 e. The summed E-state index contributed by atoms with van der Waals surface area (Å²) in [5.74, 6) is 0.0493. The van der Waals surface area contributed by atoms with Crippen molar-refractivity contribution >= 4 is 39.4 Å². The largest absolute Gasteiger partial charge is 0.497 e. The van der Waals surface area contributed by atoms with Gasteiger partial charge in [0.25, 0.3) is 5.56 Å². The molecule has 0 aliphatic carbocycles. The van der Waals surface area contributed by atoms with Crippen LogP contribution in [-0.4, -0.2) is 28.0 Å². The number of aliphatic imine (C=N–C) groups is 1. The fourth-order valence-electron chi connectivity index (χ4n) is 2.35. The molecule has 27 heavy (non-hydrogen) atoms. The number of ether oxygens (including phenoxy) is 1. The Hall–Kier alpha value is -2.84. The zero-order chi connectivity index (χ0) is 19.6. The van der Waals surface area contributed by atoms with E-state index < -0.39 is 17.1 Å². The highest BCUT2D eigenvalue weighted by atomic mass is 79.9. The summed E-state index contributed by atoms with van der Waals surface area (Å²) in [5, 5.41) is 10.9. The van der Waals surface area contributed by atoms with E-state index in [1.807, 2.05) is 0 Å². The second-order valence-electron chi connectivity index (χ2n) is 5.38. The second-order valence-corrected chi connectivity index (χ2v) is 6.71. The minimum absolute atomic E-state index is 0.176. The van der Waals surface area contributed by atoms with Crippen molar-refractivity contribution < 1.29 is 9.84 Å². The first-order chi connectivity index (χ1) is 12.9. The number of nitrogens with one attached hydrogen (secondary N) is 1. The van der Waals surface area contributed by atoms with Crippen LogP contribution in [0, 0.1) is 0 Å². The number of benzene rings is 2. The monoisotopic (exact) mass is 449 g/mol. The Bertz CT molecular complexity index is 1140. The van der Waals surface area contributed by atoms with E-state index in [1.165, 1.54) is 7.11 Å². The zero-order valence-corrected chi connectivity index (χ0v) is 16.3. The summed E-state index contributed by atoms with van der Waals surface area (Å²) in [6, 6.07) is 11.4. The first-order valence-electron chi connectivity index (χ1n) is 7.62. The second kappa shape index (κ2) is 7.81. The van der Waals surface area contributed by atoms with Crippen LogP contribution in [0.3, 0.4) is 0 Å². The Morgan fingerprint density at radius 2 is 1.93 bits per heavy atom. The van der Waals surface area contributed by atoms with Gasteiger partial charge in [-0.1, -0.05) is 27.5 Å². The molecule has 0 bridgehead atoms. The first kappa shape index (κ1) is 18.9. The van der Waals surface area contributed by atoms with Gasteiger partial charge in [-0.05, 0) is 42.5 Å². The number of aromatic nitrogens is 2. The highest BCUT2D eigenvalue weighted by Crippen LogP contribution is 2.28. The van der Waals surface area contributed by atoms with E-state index >= 15 is 0 Å². The van der Waals surface area contributed by atoms with Gasteiger partial charge in [-0.15, -0.1) is 0 Å². The van der Waals surface area contributed by atoms with Crippen molar-refractivity contribution in [2.24, 2.45) is 4.99 Å². The molecule has 138 valence electrons. The molecule has 0 atom stereocenters. The summed E-state index contributed by atoms with van der Waals surface area (Å²) < 4.78 is 6.81. The van der Waals surface area contributed by atoms with Crippen LogP contribution >= 0.6 is 27.5 Å². The summed E-state index contributed by atoms with van der Waals surface area (Å²) in [7, 11) is 1.51. The Labute approximate surface area is 166 Å². The maximum Gasteiger partial charge on any atom is 0.335 e. The van der Waals surface area contributed by atoms with Crippen molar-refractivity contribution in [3.05, 3.63) is 78.4 Å². The molecule has 3 rings (SSSR count). The average Bonchev–Trinajstić information content (AvgIpc) is 2.63. The topological polar surface area (TPSA) is 96.7 Å². The summed E-state index contributed by atoms with van der Waals surface area (Å²) in [6.07, 6.45) is 1.16. The molecule has 0 unspecified atom stereocenters. The molecule has 0 amide bonds. The van der Waals surface area contributed by atoms with Crippen molar-refractivity contribution in [1.29, 1.82) is 0 Å². The lowest BCUT2D eigenvalue weighted by molar-refractivity contribution is 0.414. The predicted molar refractivity (Wildman–Crippen MR) is 107 cm³/mol. The van der Waals surface area contributed by atoms with E-state index in [1.54, 1.807) is 42.5 Å². The Morgan fingerprint density at radius 1 is 1.22 bits per heavy atom. The average molecular weight is 451 g/mol. The number of aromatic amines is 1. The number of nitrogens with zero attached hydrogens (tertiary/aromatic N) is 2. The number of halogens is 2. The molecule has 9 heteroatoms. The molecule has 0 aliphatic heterocycles. The van der Waals surface area contributed by atoms with Crippen molar-refractivity contribution in [2.45, 2.75) is 0 Å². The Morgan fingerprint density at radius 3 is 2.56 bits per heavy atom. The van der Waals surface area contributed by atoms with Gasteiger partial charge in [-0.3, -0.25) is 14.8 Å². The normalized spacial score (nSPS) is 11.1. The van der Waals surface area contributed by atoms with Crippen LogP contribution in [0.1, 0.15) is 5.56 Å². The third kappa shape index (κ3) is 3.96. The number of rotatable bonds is 4. The Balaban J connectivity index is 2.09. The molecule has 0 fully saturated rings. The first-order valence-corrected chi connectivity index (χ1v) is 8.79. The molecule has 3 aromatic rings. The summed E-state index contributed by atoms with van der Waals surface area (Å²) in [6.45, 7) is 0. The maximum absolute atomic E-state index is 12.2. The predicted octanol–water partition coefficient (Wildman–Crippen LogP) is 3.41. The van der Waals surface area contributed by atoms with Crippen molar-refractivity contribution in [2.75, 3.05) is 7.11 Å². The highest BCUT2D eigenvalue weighted by molar-refractivity contribution is 9.10. The molecule has 0 radical (unpaired) electrons. The van der Waals surface area contributed by atoms with E-state index in [4.69, 9.17) is 16.3 Å². The number of methoxy groups -OCH3 is 1.